The molecule has 0 heterocycles. The number of hydrogen-bond acceptors (Lipinski definition) is 10. The van der Waals surface area contributed by atoms with Gasteiger partial charge in [0.1, 0.15) is 30.8 Å². The summed E-state index contributed by atoms with van der Waals surface area (Å²) in [6, 6.07) is 2.30. The number of nitrogens with zero attached hydrogens (tertiary/aromatic N) is 2. The standard InChI is InChI=1S/C45H69Cl4N5O9S/c1-13-27(5)38(44(61)62-24-45(47,48)49)52-37(55)23-53(10)43(60)35(22-32-16-18-33(46)19-17-32)54(11)42(59)31(9)50-41(58)34(21-26(3)4)51-40(57)29(7)15-20-36(63-25-64-12)30(8)39(56)28(6)14-2/h14-19,26-27,30-31,34-36,38-39,56H,13,20-25H2,1-12H3,(H,50,58)(H,51,57)(H,52,55)/b28-14+,29-15+/t27-,30+,31+,34-,35-,36+,38+,39-/m1/s1. The number of halogens is 4. The average molecular weight is 998 g/mol. The lowest BCUT2D eigenvalue weighted by molar-refractivity contribution is -0.150. The van der Waals surface area contributed by atoms with Crippen molar-refractivity contribution in [1.82, 2.24) is 25.8 Å². The molecule has 4 N–H and O–H groups in total. The predicted molar refractivity (Wildman–Crippen MR) is 257 cm³/mol. The molecule has 0 saturated carbocycles. The summed E-state index contributed by atoms with van der Waals surface area (Å²) in [5.41, 5.74) is 1.83. The molecule has 0 aliphatic rings. The molecular weight excluding hydrogens is 928 g/mol. The van der Waals surface area contributed by atoms with Gasteiger partial charge < -0.3 is 40.3 Å². The van der Waals surface area contributed by atoms with E-state index < -0.39 is 82.7 Å². The van der Waals surface area contributed by atoms with E-state index in [9.17, 15) is 33.9 Å². The number of carbonyl (C=O) groups is 6. The van der Waals surface area contributed by atoms with Gasteiger partial charge in [-0.25, -0.2) is 4.79 Å². The molecule has 19 heteroatoms. The van der Waals surface area contributed by atoms with Crippen LogP contribution in [-0.2, 0) is 44.7 Å². The molecule has 64 heavy (non-hydrogen) atoms. The number of allylic oxidation sites excluding steroid dienone is 1. The molecule has 1 aromatic rings. The summed E-state index contributed by atoms with van der Waals surface area (Å²) in [6.07, 6.45) is 5.50. The topological polar surface area (TPSA) is 184 Å². The summed E-state index contributed by atoms with van der Waals surface area (Å²) in [7, 11) is 2.82. The van der Waals surface area contributed by atoms with Crippen LogP contribution in [0.4, 0.5) is 0 Å². The average Bonchev–Trinajstić information content (AvgIpc) is 3.24. The molecule has 0 aliphatic heterocycles. The number of amides is 5. The van der Waals surface area contributed by atoms with Gasteiger partial charge in [0, 0.05) is 37.0 Å². The Morgan fingerprint density at radius 2 is 1.55 bits per heavy atom. The second kappa shape index (κ2) is 28.9. The third-order valence-electron chi connectivity index (χ3n) is 10.8. The maximum absolute atomic E-state index is 14.2. The van der Waals surface area contributed by atoms with Crippen LogP contribution in [0.25, 0.3) is 0 Å². The highest BCUT2D eigenvalue weighted by Gasteiger charge is 2.36. The molecule has 0 radical (unpaired) electrons. The molecule has 0 aliphatic carbocycles. The van der Waals surface area contributed by atoms with E-state index in [1.165, 1.54) is 37.7 Å². The highest BCUT2D eigenvalue weighted by atomic mass is 35.6. The Bertz CT molecular complexity index is 1760. The van der Waals surface area contributed by atoms with Gasteiger partial charge in [-0.2, -0.15) is 0 Å². The molecule has 5 amide bonds. The third kappa shape index (κ3) is 20.6. The lowest BCUT2D eigenvalue weighted by Gasteiger charge is -2.33. The van der Waals surface area contributed by atoms with Gasteiger partial charge in [-0.1, -0.05) is 112 Å². The number of hydrogen-bond donors (Lipinski definition) is 4. The molecule has 0 fully saturated rings. The van der Waals surface area contributed by atoms with Crippen LogP contribution >= 0.6 is 58.2 Å². The molecule has 0 saturated heterocycles. The van der Waals surface area contributed by atoms with E-state index in [-0.39, 0.29) is 36.7 Å². The SMILES string of the molecule is C/C=C(\C)[C@@H](O)[C@@H](C)[C@H](C/C=C(\C)C(=O)N[C@H](CC(C)C)C(=O)N[C@@H](C)C(=O)N(C)[C@H](Cc1ccc(Cl)cc1)C(=O)N(C)CC(=O)N[C@H](C(=O)OCC(Cl)(Cl)Cl)[C@H](C)CC)OCSC. The maximum atomic E-state index is 14.2. The normalized spacial score (nSPS) is 16.0. The highest BCUT2D eigenvalue weighted by Crippen LogP contribution is 2.27. The van der Waals surface area contributed by atoms with E-state index in [1.807, 2.05) is 53.9 Å². The first-order valence-electron chi connectivity index (χ1n) is 21.3. The lowest BCUT2D eigenvalue weighted by Crippen LogP contribution is -2.57. The van der Waals surface area contributed by atoms with Crippen molar-refractivity contribution in [3.05, 3.63) is 58.1 Å². The van der Waals surface area contributed by atoms with Gasteiger partial charge in [0.25, 0.3) is 0 Å². The first-order valence-corrected chi connectivity index (χ1v) is 24.2. The van der Waals surface area contributed by atoms with Gasteiger partial charge in [-0.3, -0.25) is 24.0 Å². The van der Waals surface area contributed by atoms with Crippen molar-refractivity contribution in [2.45, 2.75) is 128 Å². The van der Waals surface area contributed by atoms with Crippen LogP contribution in [0.1, 0.15) is 87.1 Å². The first kappa shape index (κ1) is 59.0. The fraction of sp³-hybridized carbons (Fsp3) is 0.644. The Hall–Kier alpha value is -3.05. The van der Waals surface area contributed by atoms with Crippen molar-refractivity contribution < 1.29 is 43.3 Å². The minimum Gasteiger partial charge on any atom is -0.460 e. The summed E-state index contributed by atoms with van der Waals surface area (Å²) < 4.78 is 9.30. The van der Waals surface area contributed by atoms with Gasteiger partial charge in [0.15, 0.2) is 0 Å². The number of nitrogens with one attached hydrogen (secondary N) is 3. The van der Waals surface area contributed by atoms with Gasteiger partial charge in [-0.05, 0) is 81.9 Å². The number of ether oxygens (including phenoxy) is 2. The van der Waals surface area contributed by atoms with Gasteiger partial charge >= 0.3 is 5.97 Å². The zero-order valence-electron chi connectivity index (χ0n) is 39.1. The Kier molecular flexibility index (Phi) is 26.6. The second-order valence-electron chi connectivity index (χ2n) is 16.6. The molecule has 1 aromatic carbocycles. The number of esters is 1. The van der Waals surface area contributed by atoms with Crippen molar-refractivity contribution in [1.29, 1.82) is 0 Å². The third-order valence-corrected chi connectivity index (χ3v) is 11.8. The molecule has 14 nitrogen and oxygen atoms in total. The van der Waals surface area contributed by atoms with Crippen molar-refractivity contribution in [2.24, 2.45) is 17.8 Å². The predicted octanol–water partition coefficient (Wildman–Crippen LogP) is 6.65. The summed E-state index contributed by atoms with van der Waals surface area (Å²) in [5.74, 6) is -4.02. The fourth-order valence-corrected chi connectivity index (χ4v) is 7.09. The van der Waals surface area contributed by atoms with E-state index in [0.717, 1.165) is 10.5 Å². The van der Waals surface area contributed by atoms with E-state index in [1.54, 1.807) is 44.2 Å². The van der Waals surface area contributed by atoms with E-state index in [4.69, 9.17) is 55.9 Å². The summed E-state index contributed by atoms with van der Waals surface area (Å²) >= 11 is 24.9. The molecule has 362 valence electrons. The quantitative estimate of drug-likeness (QED) is 0.0258. The van der Waals surface area contributed by atoms with E-state index in [2.05, 4.69) is 16.0 Å². The van der Waals surface area contributed by atoms with Crippen LogP contribution in [0.3, 0.4) is 0 Å². The van der Waals surface area contributed by atoms with Crippen LogP contribution in [0.5, 0.6) is 0 Å². The number of rotatable bonds is 26. The maximum Gasteiger partial charge on any atom is 0.329 e. The number of carbonyl (C=O) groups excluding carboxylic acids is 6. The zero-order valence-corrected chi connectivity index (χ0v) is 43.0. The molecule has 8 atom stereocenters. The van der Waals surface area contributed by atoms with Crippen molar-refractivity contribution in [3.8, 4) is 0 Å². The number of benzene rings is 1. The van der Waals surface area contributed by atoms with E-state index >= 15 is 0 Å². The summed E-state index contributed by atoms with van der Waals surface area (Å²) in [4.78, 5) is 84.1. The van der Waals surface area contributed by atoms with Crippen LogP contribution < -0.4 is 16.0 Å². The van der Waals surface area contributed by atoms with Crippen LogP contribution in [-0.4, -0.2) is 130 Å². The van der Waals surface area contributed by atoms with Crippen LogP contribution in [0, 0.1) is 17.8 Å². The monoisotopic (exact) mass is 995 g/mol. The van der Waals surface area contributed by atoms with Crippen LogP contribution in [0.15, 0.2) is 47.6 Å². The summed E-state index contributed by atoms with van der Waals surface area (Å²) in [6.45, 7) is 15.1. The lowest BCUT2D eigenvalue weighted by atomic mass is 9.90. The first-order chi connectivity index (χ1) is 29.8. The number of thioether (sulfide) groups is 1. The largest absolute Gasteiger partial charge is 0.460 e. The number of aliphatic hydroxyl groups excluding tert-OH is 1. The number of aliphatic hydroxyl groups is 1. The Balaban J connectivity index is 3.28. The second-order valence-corrected chi connectivity index (χ2v) is 20.4. The van der Waals surface area contributed by atoms with Crippen molar-refractivity contribution in [2.75, 3.05) is 39.4 Å². The molecular formula is C45H69Cl4N5O9S. The molecule has 0 spiro atoms. The van der Waals surface area contributed by atoms with Gasteiger partial charge in [0.05, 0.1) is 24.7 Å². The fourth-order valence-electron chi connectivity index (χ4n) is 6.49. The van der Waals surface area contributed by atoms with Crippen molar-refractivity contribution >= 4 is 93.7 Å². The smallest absolute Gasteiger partial charge is 0.329 e. The highest BCUT2D eigenvalue weighted by molar-refractivity contribution is 7.98. The molecule has 0 unspecified atom stereocenters. The zero-order chi connectivity index (χ0) is 49.1. The number of likely N-dealkylation sites (N-methyl/N-ethyl adjacent to an activating group) is 2. The molecule has 0 aromatic heterocycles. The molecule has 1 rings (SSSR count). The van der Waals surface area contributed by atoms with Crippen molar-refractivity contribution in [3.63, 3.8) is 0 Å². The minimum absolute atomic E-state index is 0.0165. The number of alkyl halides is 3. The van der Waals surface area contributed by atoms with Gasteiger partial charge in [0.2, 0.25) is 33.3 Å². The molecule has 0 bridgehead atoms. The van der Waals surface area contributed by atoms with Crippen LogP contribution in [0.2, 0.25) is 5.02 Å². The van der Waals surface area contributed by atoms with Gasteiger partial charge in [-0.15, -0.1) is 11.8 Å². The Morgan fingerprint density at radius 1 is 0.938 bits per heavy atom. The minimum atomic E-state index is -1.86. The Morgan fingerprint density at radius 3 is 2.08 bits per heavy atom. The Labute approximate surface area is 404 Å². The summed E-state index contributed by atoms with van der Waals surface area (Å²) in [5, 5.41) is 19.5. The van der Waals surface area contributed by atoms with E-state index in [0.29, 0.717) is 34.9 Å².